The Hall–Kier alpha value is -2.63. The van der Waals surface area contributed by atoms with E-state index in [-0.39, 0.29) is 5.91 Å². The molecule has 0 aromatic carbocycles. The van der Waals surface area contributed by atoms with Gasteiger partial charge >= 0.3 is 0 Å². The zero-order valence-electron chi connectivity index (χ0n) is 13.2. The van der Waals surface area contributed by atoms with Crippen LogP contribution in [0.1, 0.15) is 22.5 Å². The Morgan fingerprint density at radius 2 is 2.22 bits per heavy atom. The lowest BCUT2D eigenvalue weighted by Gasteiger charge is -2.12. The molecule has 1 aliphatic rings. The van der Waals surface area contributed by atoms with Gasteiger partial charge in [0.2, 0.25) is 0 Å². The van der Waals surface area contributed by atoms with Gasteiger partial charge in [-0.15, -0.1) is 0 Å². The van der Waals surface area contributed by atoms with E-state index in [1.807, 2.05) is 25.2 Å². The lowest BCUT2D eigenvalue weighted by Crippen LogP contribution is -2.27. The van der Waals surface area contributed by atoms with Gasteiger partial charge in [0.15, 0.2) is 0 Å². The normalized spacial score (nSPS) is 12.8. The third-order valence-corrected chi connectivity index (χ3v) is 3.90. The molecule has 0 unspecified atom stereocenters. The van der Waals surface area contributed by atoms with Crippen LogP contribution in [0.25, 0.3) is 0 Å². The van der Waals surface area contributed by atoms with Gasteiger partial charge in [-0.3, -0.25) is 9.78 Å². The number of rotatable bonds is 6. The SMILES string of the molecule is CN1CCc2ccc(C(=O)NCCCNc3cccnc3)nc21. The highest BCUT2D eigenvalue weighted by atomic mass is 16.1. The van der Waals surface area contributed by atoms with E-state index in [0.29, 0.717) is 12.2 Å². The maximum atomic E-state index is 12.2. The molecule has 3 heterocycles. The smallest absolute Gasteiger partial charge is 0.269 e. The van der Waals surface area contributed by atoms with Crippen molar-refractivity contribution in [3.05, 3.63) is 47.9 Å². The maximum absolute atomic E-state index is 12.2. The summed E-state index contributed by atoms with van der Waals surface area (Å²) in [4.78, 5) is 22.8. The molecule has 3 rings (SSSR count). The number of hydrogen-bond donors (Lipinski definition) is 2. The van der Waals surface area contributed by atoms with Crippen molar-refractivity contribution in [3.8, 4) is 0 Å². The molecule has 0 saturated heterocycles. The molecule has 6 heteroatoms. The number of pyridine rings is 2. The van der Waals surface area contributed by atoms with Crippen molar-refractivity contribution >= 4 is 17.4 Å². The molecule has 0 saturated carbocycles. The van der Waals surface area contributed by atoms with Gasteiger partial charge in [0.05, 0.1) is 5.69 Å². The number of fused-ring (bicyclic) bond motifs is 1. The number of aromatic nitrogens is 2. The third-order valence-electron chi connectivity index (χ3n) is 3.90. The van der Waals surface area contributed by atoms with Crippen molar-refractivity contribution < 1.29 is 4.79 Å². The standard InChI is InChI=1S/C17H21N5O/c1-22-11-7-13-5-6-15(21-16(13)22)17(23)20-10-3-9-19-14-4-2-8-18-12-14/h2,4-6,8,12,19H,3,7,9-11H2,1H3,(H,20,23). The Balaban J connectivity index is 1.44. The summed E-state index contributed by atoms with van der Waals surface area (Å²) in [7, 11) is 2.00. The molecule has 0 atom stereocenters. The summed E-state index contributed by atoms with van der Waals surface area (Å²) in [6.07, 6.45) is 5.36. The van der Waals surface area contributed by atoms with E-state index in [1.165, 1.54) is 5.56 Å². The first-order valence-electron chi connectivity index (χ1n) is 7.87. The molecule has 0 bridgehead atoms. The Labute approximate surface area is 135 Å². The first kappa shape index (κ1) is 15.3. The topological polar surface area (TPSA) is 70.2 Å². The molecule has 0 aliphatic carbocycles. The van der Waals surface area contributed by atoms with Crippen LogP contribution in [0.15, 0.2) is 36.7 Å². The summed E-state index contributed by atoms with van der Waals surface area (Å²) in [5.41, 5.74) is 2.68. The predicted molar refractivity (Wildman–Crippen MR) is 90.9 cm³/mol. The zero-order valence-corrected chi connectivity index (χ0v) is 13.2. The second-order valence-corrected chi connectivity index (χ2v) is 5.63. The van der Waals surface area contributed by atoms with Crippen molar-refractivity contribution in [2.45, 2.75) is 12.8 Å². The van der Waals surface area contributed by atoms with Crippen LogP contribution >= 0.6 is 0 Å². The Bertz CT molecular complexity index is 674. The van der Waals surface area contributed by atoms with Gasteiger partial charge in [0, 0.05) is 39.1 Å². The van der Waals surface area contributed by atoms with Gasteiger partial charge in [0.25, 0.3) is 5.91 Å². The van der Waals surface area contributed by atoms with Crippen LogP contribution in [-0.2, 0) is 6.42 Å². The van der Waals surface area contributed by atoms with Crippen molar-refractivity contribution in [2.24, 2.45) is 0 Å². The summed E-state index contributed by atoms with van der Waals surface area (Å²) in [6.45, 7) is 2.36. The molecule has 0 spiro atoms. The first-order valence-corrected chi connectivity index (χ1v) is 7.87. The molecule has 2 aromatic rings. The average Bonchev–Trinajstić information content (AvgIpc) is 2.96. The van der Waals surface area contributed by atoms with Gasteiger partial charge in [0.1, 0.15) is 11.5 Å². The number of nitrogens with zero attached hydrogens (tertiary/aromatic N) is 3. The molecule has 2 aromatic heterocycles. The lowest BCUT2D eigenvalue weighted by molar-refractivity contribution is 0.0948. The molecule has 23 heavy (non-hydrogen) atoms. The van der Waals surface area contributed by atoms with Gasteiger partial charge < -0.3 is 15.5 Å². The fraction of sp³-hybridized carbons (Fsp3) is 0.353. The van der Waals surface area contributed by atoms with Gasteiger partial charge in [-0.05, 0) is 36.6 Å². The van der Waals surface area contributed by atoms with E-state index in [0.717, 1.165) is 37.4 Å². The maximum Gasteiger partial charge on any atom is 0.269 e. The molecule has 1 aliphatic heterocycles. The van der Waals surface area contributed by atoms with E-state index < -0.39 is 0 Å². The molecule has 120 valence electrons. The van der Waals surface area contributed by atoms with Crippen molar-refractivity contribution in [2.75, 3.05) is 36.9 Å². The van der Waals surface area contributed by atoms with Crippen molar-refractivity contribution in [1.29, 1.82) is 0 Å². The van der Waals surface area contributed by atoms with Gasteiger partial charge in [-0.2, -0.15) is 0 Å². The van der Waals surface area contributed by atoms with Crippen molar-refractivity contribution in [3.63, 3.8) is 0 Å². The summed E-state index contributed by atoms with van der Waals surface area (Å²) in [5.74, 6) is 0.811. The zero-order chi connectivity index (χ0) is 16.1. The summed E-state index contributed by atoms with van der Waals surface area (Å²) >= 11 is 0. The molecular formula is C17H21N5O. The molecule has 6 nitrogen and oxygen atoms in total. The average molecular weight is 311 g/mol. The van der Waals surface area contributed by atoms with Crippen LogP contribution in [0.5, 0.6) is 0 Å². The molecule has 1 amide bonds. The molecule has 0 fully saturated rings. The molecular weight excluding hydrogens is 290 g/mol. The second-order valence-electron chi connectivity index (χ2n) is 5.63. The van der Waals surface area contributed by atoms with Gasteiger partial charge in [-0.1, -0.05) is 6.07 Å². The Kier molecular flexibility index (Phi) is 4.71. The quantitative estimate of drug-likeness (QED) is 0.795. The number of amides is 1. The number of carbonyl (C=O) groups excluding carboxylic acids is 1. The Morgan fingerprint density at radius 1 is 1.30 bits per heavy atom. The number of anilines is 2. The second kappa shape index (κ2) is 7.09. The van der Waals surface area contributed by atoms with E-state index in [9.17, 15) is 4.79 Å². The summed E-state index contributed by atoms with van der Waals surface area (Å²) in [5, 5.41) is 6.18. The fourth-order valence-corrected chi connectivity index (χ4v) is 2.60. The van der Waals surface area contributed by atoms with Crippen LogP contribution in [0.3, 0.4) is 0 Å². The lowest BCUT2D eigenvalue weighted by atomic mass is 10.2. The molecule has 2 N–H and O–H groups in total. The van der Waals surface area contributed by atoms with Gasteiger partial charge in [-0.25, -0.2) is 4.98 Å². The molecule has 0 radical (unpaired) electrons. The van der Waals surface area contributed by atoms with Crippen LogP contribution in [0.4, 0.5) is 11.5 Å². The number of likely N-dealkylation sites (N-methyl/N-ethyl adjacent to an activating group) is 1. The highest BCUT2D eigenvalue weighted by molar-refractivity contribution is 5.92. The van der Waals surface area contributed by atoms with Crippen LogP contribution in [0.2, 0.25) is 0 Å². The summed E-state index contributed by atoms with van der Waals surface area (Å²) < 4.78 is 0. The fourth-order valence-electron chi connectivity index (χ4n) is 2.60. The minimum absolute atomic E-state index is 0.116. The minimum atomic E-state index is -0.116. The van der Waals surface area contributed by atoms with Crippen molar-refractivity contribution in [1.82, 2.24) is 15.3 Å². The highest BCUT2D eigenvalue weighted by Gasteiger charge is 2.19. The monoisotopic (exact) mass is 311 g/mol. The first-order chi connectivity index (χ1) is 11.2. The summed E-state index contributed by atoms with van der Waals surface area (Å²) in [6, 6.07) is 7.67. The van der Waals surface area contributed by atoms with E-state index in [4.69, 9.17) is 0 Å². The Morgan fingerprint density at radius 3 is 3.04 bits per heavy atom. The minimum Gasteiger partial charge on any atom is -0.384 e. The largest absolute Gasteiger partial charge is 0.384 e. The van der Waals surface area contributed by atoms with Crippen LogP contribution in [-0.4, -0.2) is 42.6 Å². The van der Waals surface area contributed by atoms with E-state index >= 15 is 0 Å². The number of hydrogen-bond acceptors (Lipinski definition) is 5. The number of carbonyl (C=O) groups is 1. The van der Waals surface area contributed by atoms with Crippen LogP contribution in [0, 0.1) is 0 Å². The van der Waals surface area contributed by atoms with E-state index in [1.54, 1.807) is 18.5 Å². The highest BCUT2D eigenvalue weighted by Crippen LogP contribution is 2.24. The van der Waals surface area contributed by atoms with E-state index in [2.05, 4.69) is 25.5 Å². The van der Waals surface area contributed by atoms with Crippen LogP contribution < -0.4 is 15.5 Å². The predicted octanol–water partition coefficient (Wildman–Crippen LogP) is 1.70. The number of nitrogens with one attached hydrogen (secondary N) is 2. The third kappa shape index (κ3) is 3.77.